The van der Waals surface area contributed by atoms with Gasteiger partial charge in [0.05, 0.1) is 5.39 Å². The maximum Gasteiger partial charge on any atom is 0.329 e. The summed E-state index contributed by atoms with van der Waals surface area (Å²) in [5.74, 6) is -0.0268. The van der Waals surface area contributed by atoms with E-state index in [-0.39, 0.29) is 0 Å². The van der Waals surface area contributed by atoms with E-state index in [9.17, 15) is 9.90 Å². The number of aliphatic carboxylic acids is 1. The summed E-state index contributed by atoms with van der Waals surface area (Å²) < 4.78 is 0. The van der Waals surface area contributed by atoms with Gasteiger partial charge in [0.2, 0.25) is 0 Å². The average molecular weight is 291 g/mol. The Morgan fingerprint density at radius 3 is 3.05 bits per heavy atom. The number of thiophene rings is 1. The molecule has 0 bridgehead atoms. The van der Waals surface area contributed by atoms with Crippen LogP contribution in [0.5, 0.6) is 0 Å². The number of hydrogen-bond donors (Lipinski definition) is 1. The number of aromatic nitrogens is 2. The van der Waals surface area contributed by atoms with Crippen LogP contribution in [0.25, 0.3) is 10.2 Å². The molecule has 0 spiro atoms. The molecule has 20 heavy (non-hydrogen) atoms. The number of carbonyl (C=O) groups is 1. The molecule has 1 saturated heterocycles. The molecule has 6 heteroatoms. The van der Waals surface area contributed by atoms with Gasteiger partial charge in [0.15, 0.2) is 0 Å². The fraction of sp³-hybridized carbons (Fsp3) is 0.500. The topological polar surface area (TPSA) is 66.3 Å². The van der Waals surface area contributed by atoms with Crippen LogP contribution in [0.1, 0.15) is 31.6 Å². The highest BCUT2D eigenvalue weighted by atomic mass is 32.1. The minimum absolute atomic E-state index is 0.651. The van der Waals surface area contributed by atoms with Crippen molar-refractivity contribution in [3.8, 4) is 0 Å². The molecule has 106 valence electrons. The van der Waals surface area contributed by atoms with Gasteiger partial charge < -0.3 is 10.0 Å². The SMILES string of the molecule is CCc1cc2c(N3CCCC3(C)C(=O)O)ncnc2s1. The van der Waals surface area contributed by atoms with Crippen LogP contribution in [0.2, 0.25) is 0 Å². The van der Waals surface area contributed by atoms with Crippen molar-refractivity contribution in [3.63, 3.8) is 0 Å². The van der Waals surface area contributed by atoms with E-state index >= 15 is 0 Å². The van der Waals surface area contributed by atoms with Crippen molar-refractivity contribution in [3.05, 3.63) is 17.3 Å². The number of hydrogen-bond acceptors (Lipinski definition) is 5. The van der Waals surface area contributed by atoms with Crippen LogP contribution in [-0.4, -0.2) is 33.1 Å². The molecule has 0 amide bonds. The van der Waals surface area contributed by atoms with Gasteiger partial charge >= 0.3 is 5.97 Å². The van der Waals surface area contributed by atoms with Crippen LogP contribution in [0.4, 0.5) is 5.82 Å². The minimum Gasteiger partial charge on any atom is -0.480 e. The van der Waals surface area contributed by atoms with Crippen molar-refractivity contribution in [2.45, 2.75) is 38.6 Å². The van der Waals surface area contributed by atoms with Gasteiger partial charge in [0.1, 0.15) is 22.5 Å². The van der Waals surface area contributed by atoms with Crippen LogP contribution >= 0.6 is 11.3 Å². The highest BCUT2D eigenvalue weighted by Gasteiger charge is 2.44. The van der Waals surface area contributed by atoms with Crippen molar-refractivity contribution in [1.82, 2.24) is 9.97 Å². The zero-order valence-corrected chi connectivity index (χ0v) is 12.4. The summed E-state index contributed by atoms with van der Waals surface area (Å²) in [7, 11) is 0. The van der Waals surface area contributed by atoms with E-state index in [2.05, 4.69) is 23.0 Å². The maximum atomic E-state index is 11.6. The second-order valence-electron chi connectivity index (χ2n) is 5.32. The van der Waals surface area contributed by atoms with Crippen molar-refractivity contribution < 1.29 is 9.90 Å². The van der Waals surface area contributed by atoms with Gasteiger partial charge in [-0.15, -0.1) is 11.3 Å². The molecule has 5 nitrogen and oxygen atoms in total. The number of rotatable bonds is 3. The Kier molecular flexibility index (Phi) is 3.12. The van der Waals surface area contributed by atoms with Crippen LogP contribution in [-0.2, 0) is 11.2 Å². The molecule has 0 aliphatic carbocycles. The Hall–Kier alpha value is -1.69. The standard InChI is InChI=1S/C14H17N3O2S/c1-3-9-7-10-11(15-8-16-12(10)20-9)17-6-4-5-14(17,2)13(18)19/h7-8H,3-6H2,1-2H3,(H,18,19). The molecule has 2 aromatic rings. The zero-order valence-electron chi connectivity index (χ0n) is 11.6. The van der Waals surface area contributed by atoms with E-state index in [4.69, 9.17) is 0 Å². The summed E-state index contributed by atoms with van der Waals surface area (Å²) >= 11 is 1.65. The number of nitrogens with zero attached hydrogens (tertiary/aromatic N) is 3. The average Bonchev–Trinajstić information content (AvgIpc) is 3.02. The Morgan fingerprint density at radius 1 is 1.55 bits per heavy atom. The fourth-order valence-electron chi connectivity index (χ4n) is 2.81. The molecule has 3 heterocycles. The normalized spacial score (nSPS) is 22.6. The minimum atomic E-state index is -0.865. The maximum absolute atomic E-state index is 11.6. The highest BCUT2D eigenvalue weighted by molar-refractivity contribution is 7.18. The number of aryl methyl sites for hydroxylation is 1. The van der Waals surface area contributed by atoms with Gasteiger partial charge in [-0.2, -0.15) is 0 Å². The summed E-state index contributed by atoms with van der Waals surface area (Å²) in [4.78, 5) is 24.4. The van der Waals surface area contributed by atoms with E-state index < -0.39 is 11.5 Å². The van der Waals surface area contributed by atoms with Crippen LogP contribution in [0.15, 0.2) is 12.4 Å². The van der Waals surface area contributed by atoms with E-state index in [1.165, 1.54) is 11.2 Å². The highest BCUT2D eigenvalue weighted by Crippen LogP contribution is 2.38. The molecule has 1 aliphatic rings. The molecular weight excluding hydrogens is 274 g/mol. The molecule has 2 aromatic heterocycles. The first-order valence-electron chi connectivity index (χ1n) is 6.80. The summed E-state index contributed by atoms with van der Waals surface area (Å²) in [6.45, 7) is 4.62. The van der Waals surface area contributed by atoms with Crippen LogP contribution < -0.4 is 4.90 Å². The zero-order chi connectivity index (χ0) is 14.3. The lowest BCUT2D eigenvalue weighted by Crippen LogP contribution is -2.48. The number of fused-ring (bicyclic) bond motifs is 1. The van der Waals surface area contributed by atoms with Crippen molar-refractivity contribution in [2.75, 3.05) is 11.4 Å². The third-order valence-corrected chi connectivity index (χ3v) is 5.25. The fourth-order valence-corrected chi connectivity index (χ4v) is 3.74. The Morgan fingerprint density at radius 2 is 2.35 bits per heavy atom. The number of carboxylic acid groups (broad SMARTS) is 1. The lowest BCUT2D eigenvalue weighted by Gasteiger charge is -2.32. The van der Waals surface area contributed by atoms with Crippen molar-refractivity contribution in [1.29, 1.82) is 0 Å². The molecule has 1 aliphatic heterocycles. The van der Waals surface area contributed by atoms with E-state index in [0.717, 1.165) is 35.4 Å². The largest absolute Gasteiger partial charge is 0.480 e. The van der Waals surface area contributed by atoms with Gasteiger partial charge in [-0.1, -0.05) is 6.92 Å². The van der Waals surface area contributed by atoms with Gasteiger partial charge in [-0.25, -0.2) is 14.8 Å². The molecular formula is C14H17N3O2S. The molecule has 0 radical (unpaired) electrons. The van der Waals surface area contributed by atoms with Gasteiger partial charge in [-0.3, -0.25) is 0 Å². The first-order chi connectivity index (χ1) is 9.56. The van der Waals surface area contributed by atoms with E-state index in [1.807, 2.05) is 4.90 Å². The molecule has 1 fully saturated rings. The summed E-state index contributed by atoms with van der Waals surface area (Å²) in [6.07, 6.45) is 4.02. The summed E-state index contributed by atoms with van der Waals surface area (Å²) in [5.41, 5.74) is -0.865. The third kappa shape index (κ3) is 1.86. The van der Waals surface area contributed by atoms with Gasteiger partial charge in [-0.05, 0) is 32.3 Å². The Balaban J connectivity index is 2.14. The summed E-state index contributed by atoms with van der Waals surface area (Å²) in [5, 5.41) is 10.5. The lowest BCUT2D eigenvalue weighted by atomic mass is 9.99. The molecule has 0 saturated carbocycles. The first-order valence-corrected chi connectivity index (χ1v) is 7.62. The predicted molar refractivity (Wildman–Crippen MR) is 79.4 cm³/mol. The van der Waals surface area contributed by atoms with E-state index in [1.54, 1.807) is 18.3 Å². The number of anilines is 1. The molecule has 1 unspecified atom stereocenters. The molecule has 0 aromatic carbocycles. The van der Waals surface area contributed by atoms with Crippen molar-refractivity contribution >= 4 is 33.3 Å². The predicted octanol–water partition coefficient (Wildman–Crippen LogP) is 2.70. The van der Waals surface area contributed by atoms with Crippen LogP contribution in [0.3, 0.4) is 0 Å². The smallest absolute Gasteiger partial charge is 0.329 e. The molecule has 3 rings (SSSR count). The third-order valence-electron chi connectivity index (χ3n) is 4.07. The molecule has 1 N–H and O–H groups in total. The van der Waals surface area contributed by atoms with Gasteiger partial charge in [0, 0.05) is 11.4 Å². The van der Waals surface area contributed by atoms with Crippen molar-refractivity contribution in [2.24, 2.45) is 0 Å². The second-order valence-corrected chi connectivity index (χ2v) is 6.43. The van der Waals surface area contributed by atoms with Gasteiger partial charge in [0.25, 0.3) is 0 Å². The Labute approximate surface area is 121 Å². The first kappa shape index (κ1) is 13.3. The van der Waals surface area contributed by atoms with E-state index in [0.29, 0.717) is 6.42 Å². The van der Waals surface area contributed by atoms with Crippen LogP contribution in [0, 0.1) is 0 Å². The Bertz CT molecular complexity index is 669. The quantitative estimate of drug-likeness (QED) is 0.941. The number of carboxylic acids is 1. The molecule has 1 atom stereocenters. The summed E-state index contributed by atoms with van der Waals surface area (Å²) in [6, 6.07) is 2.09. The monoisotopic (exact) mass is 291 g/mol. The lowest BCUT2D eigenvalue weighted by molar-refractivity contribution is -0.142. The second kappa shape index (κ2) is 4.70.